The monoisotopic (exact) mass is 484 g/mol. The molecule has 1 aromatic heterocycles. The van der Waals surface area contributed by atoms with E-state index in [2.05, 4.69) is 19.4 Å². The molecule has 2 aromatic rings. The second-order valence-electron chi connectivity index (χ2n) is 7.77. The Morgan fingerprint density at radius 1 is 1.27 bits per heavy atom. The van der Waals surface area contributed by atoms with Gasteiger partial charge in [0.15, 0.2) is 12.0 Å². The third-order valence-corrected chi connectivity index (χ3v) is 5.63. The number of halogens is 4. The molecule has 33 heavy (non-hydrogen) atoms. The summed E-state index contributed by atoms with van der Waals surface area (Å²) in [5.74, 6) is -6.04. The number of amidine groups is 1. The zero-order chi connectivity index (χ0) is 24.0. The summed E-state index contributed by atoms with van der Waals surface area (Å²) in [6, 6.07) is 5.42. The molecule has 174 valence electrons. The van der Waals surface area contributed by atoms with E-state index in [4.69, 9.17) is 4.84 Å². The lowest BCUT2D eigenvalue weighted by Crippen LogP contribution is -2.30. The maximum absolute atomic E-state index is 14.4. The van der Waals surface area contributed by atoms with Gasteiger partial charge < -0.3 is 9.74 Å². The smallest absolute Gasteiger partial charge is 0.386 e. The van der Waals surface area contributed by atoms with Gasteiger partial charge >= 0.3 is 16.1 Å². The number of sulfonamides is 1. The van der Waals surface area contributed by atoms with Crippen molar-refractivity contribution in [2.45, 2.75) is 25.4 Å². The Bertz CT molecular complexity index is 1290. The number of hydrogen-bond donors (Lipinski definition) is 0. The van der Waals surface area contributed by atoms with Gasteiger partial charge in [-0.3, -0.25) is 0 Å². The van der Waals surface area contributed by atoms with Crippen molar-refractivity contribution in [1.82, 2.24) is 14.9 Å². The lowest BCUT2D eigenvalue weighted by atomic mass is 10.00. The zero-order valence-corrected chi connectivity index (χ0v) is 18.3. The van der Waals surface area contributed by atoms with Crippen molar-refractivity contribution in [3.8, 4) is 17.3 Å². The van der Waals surface area contributed by atoms with Crippen LogP contribution in [-0.2, 0) is 14.9 Å². The summed E-state index contributed by atoms with van der Waals surface area (Å²) in [7, 11) is -3.85. The van der Waals surface area contributed by atoms with E-state index in [-0.39, 0.29) is 41.4 Å². The van der Waals surface area contributed by atoms with Gasteiger partial charge in [0, 0.05) is 18.3 Å². The zero-order valence-electron chi connectivity index (χ0n) is 17.5. The number of likely N-dealkylation sites (tertiary alicyclic amines) is 1. The maximum Gasteiger partial charge on any atom is 0.476 e. The van der Waals surface area contributed by atoms with Gasteiger partial charge in [-0.2, -0.15) is 0 Å². The fraction of sp³-hybridized carbons (Fsp3) is 0.400. The number of aromatic nitrogens is 2. The van der Waals surface area contributed by atoms with E-state index < -0.39 is 46.1 Å². The van der Waals surface area contributed by atoms with Crippen molar-refractivity contribution in [3.05, 3.63) is 51.7 Å². The second-order valence-corrected chi connectivity index (χ2v) is 9.42. The van der Waals surface area contributed by atoms with E-state index in [1.165, 1.54) is 17.2 Å². The first kappa shape index (κ1) is 22.9. The predicted octanol–water partition coefficient (Wildman–Crippen LogP) is 3.36. The molecule has 0 saturated carbocycles. The van der Waals surface area contributed by atoms with Crippen LogP contribution in [0.1, 0.15) is 23.9 Å². The third kappa shape index (κ3) is 4.75. The van der Waals surface area contributed by atoms with Crippen LogP contribution in [0, 0.1) is 30.5 Å². The van der Waals surface area contributed by atoms with Crippen molar-refractivity contribution in [2.75, 3.05) is 19.3 Å². The Kier molecular flexibility index (Phi) is 5.73. The fourth-order valence-electron chi connectivity index (χ4n) is 3.63. The summed E-state index contributed by atoms with van der Waals surface area (Å²) in [6.45, 7) is 0.544. The van der Waals surface area contributed by atoms with Crippen LogP contribution in [0.3, 0.4) is 0 Å². The number of hydrogen-bond acceptors (Lipinski definition) is 7. The summed E-state index contributed by atoms with van der Waals surface area (Å²) < 4.78 is 83.0. The highest BCUT2D eigenvalue weighted by Gasteiger charge is 2.52. The van der Waals surface area contributed by atoms with Crippen LogP contribution in [0.15, 0.2) is 29.6 Å². The Morgan fingerprint density at radius 3 is 2.64 bits per heavy atom. The van der Waals surface area contributed by atoms with Gasteiger partial charge in [0.05, 0.1) is 28.5 Å². The van der Waals surface area contributed by atoms with Crippen LogP contribution >= 0.6 is 0 Å². The first-order valence-electron chi connectivity index (χ1n) is 9.75. The van der Waals surface area contributed by atoms with Crippen molar-refractivity contribution >= 4 is 15.9 Å². The first-order valence-corrected chi connectivity index (χ1v) is 11.6. The molecule has 2 aliphatic heterocycles. The number of oxime groups is 1. The predicted molar refractivity (Wildman–Crippen MR) is 110 cm³/mol. The molecule has 4 rings (SSSR count). The summed E-state index contributed by atoms with van der Waals surface area (Å²) in [5.41, 5.74) is -0.122. The van der Waals surface area contributed by atoms with E-state index >= 15 is 0 Å². The molecule has 1 fully saturated rings. The maximum atomic E-state index is 14.4. The molecule has 0 aliphatic carbocycles. The molecule has 8 nitrogen and oxygen atoms in total. The lowest BCUT2D eigenvalue weighted by Gasteiger charge is -2.17. The van der Waals surface area contributed by atoms with Crippen LogP contribution in [0.25, 0.3) is 15.5 Å². The SMILES string of the molecule is Cc1ncc(C2CC(N3CC(C#[N+]S(C)(=O)=O)C(F)(F)C3)=NO2)c(-c2c(F)cccc2F)n1. The van der Waals surface area contributed by atoms with E-state index in [1.54, 1.807) is 6.92 Å². The van der Waals surface area contributed by atoms with Crippen LogP contribution in [0.2, 0.25) is 0 Å². The van der Waals surface area contributed by atoms with Gasteiger partial charge in [-0.1, -0.05) is 11.2 Å². The Balaban J connectivity index is 1.59. The average molecular weight is 484 g/mol. The lowest BCUT2D eigenvalue weighted by molar-refractivity contribution is -0.00611. The standard InChI is InChI=1S/C20H18F4N5O3S/c1-11-25-8-13(19(27-11)18-14(21)4-3-5-15(18)22)16-6-17(28-32-16)29-9-12(20(23,24)10-29)7-26-33(2,30)31/h3-5,8,12,16H,6,9-10H2,1-2H3/q+1. The van der Waals surface area contributed by atoms with E-state index in [9.17, 15) is 26.0 Å². The topological polar surface area (TPSA) is 89.1 Å². The number of rotatable bonds is 2. The molecule has 0 spiro atoms. The van der Waals surface area contributed by atoms with E-state index in [0.29, 0.717) is 0 Å². The molecular weight excluding hydrogens is 466 g/mol. The van der Waals surface area contributed by atoms with Crippen LogP contribution < -0.4 is 0 Å². The second kappa shape index (κ2) is 8.26. The van der Waals surface area contributed by atoms with Gasteiger partial charge in [0.2, 0.25) is 0 Å². The molecule has 3 heterocycles. The quantitative estimate of drug-likeness (QED) is 0.608. The Morgan fingerprint density at radius 2 is 1.97 bits per heavy atom. The van der Waals surface area contributed by atoms with Gasteiger partial charge in [-0.05, 0) is 19.1 Å². The molecule has 0 amide bonds. The van der Waals surface area contributed by atoms with E-state index in [1.807, 2.05) is 6.07 Å². The van der Waals surface area contributed by atoms with Gasteiger partial charge in [-0.25, -0.2) is 27.5 Å². The highest BCUT2D eigenvalue weighted by Crippen LogP contribution is 2.39. The van der Waals surface area contributed by atoms with Crippen LogP contribution in [0.5, 0.6) is 0 Å². The highest BCUT2D eigenvalue weighted by molar-refractivity contribution is 7.92. The van der Waals surface area contributed by atoms with Crippen LogP contribution in [-0.4, -0.2) is 54.4 Å². The summed E-state index contributed by atoms with van der Waals surface area (Å²) in [5, 5.41) is 3.88. The minimum absolute atomic E-state index is 0.0154. The molecule has 2 unspecified atom stereocenters. The Labute approximate surface area is 186 Å². The average Bonchev–Trinajstić information content (AvgIpc) is 3.30. The first-order chi connectivity index (χ1) is 15.4. The van der Waals surface area contributed by atoms with Crippen molar-refractivity contribution in [3.63, 3.8) is 0 Å². The fourth-order valence-corrected chi connectivity index (χ4v) is 3.95. The minimum atomic E-state index is -3.85. The summed E-state index contributed by atoms with van der Waals surface area (Å²) >= 11 is 0. The molecule has 0 bridgehead atoms. The molecular formula is C20H18F4N5O3S+. The van der Waals surface area contributed by atoms with Crippen molar-refractivity contribution < 1.29 is 30.8 Å². The summed E-state index contributed by atoms with van der Waals surface area (Å²) in [6.07, 6.45) is 1.29. The molecule has 2 aliphatic rings. The number of benzene rings is 1. The number of nitrogens with zero attached hydrogens (tertiary/aromatic N) is 5. The minimum Gasteiger partial charge on any atom is -0.386 e. The molecule has 0 radical (unpaired) electrons. The van der Waals surface area contributed by atoms with Crippen molar-refractivity contribution in [1.29, 1.82) is 0 Å². The molecule has 1 aromatic carbocycles. The Hall–Kier alpha value is -3.27. The summed E-state index contributed by atoms with van der Waals surface area (Å²) in [4.78, 5) is 14.9. The van der Waals surface area contributed by atoms with Crippen molar-refractivity contribution in [2.24, 2.45) is 11.1 Å². The van der Waals surface area contributed by atoms with Crippen LogP contribution in [0.4, 0.5) is 17.6 Å². The van der Waals surface area contributed by atoms with Gasteiger partial charge in [-0.15, -0.1) is 8.42 Å². The normalized spacial score (nSPS) is 21.9. The van der Waals surface area contributed by atoms with Gasteiger partial charge in [0.25, 0.3) is 5.92 Å². The van der Waals surface area contributed by atoms with Gasteiger partial charge in [0.1, 0.15) is 29.6 Å². The van der Waals surface area contributed by atoms with E-state index in [0.717, 1.165) is 18.4 Å². The third-order valence-electron chi connectivity index (χ3n) is 5.19. The number of aryl methyl sites for hydroxylation is 1. The molecule has 13 heteroatoms. The number of alkyl halides is 2. The largest absolute Gasteiger partial charge is 0.476 e. The molecule has 1 saturated heterocycles. The highest BCUT2D eigenvalue weighted by atomic mass is 32.2. The molecule has 0 N–H and O–H groups in total. The molecule has 2 atom stereocenters.